The molecule has 8 heteroatoms. The minimum atomic E-state index is -0.501. The third-order valence-electron chi connectivity index (χ3n) is 5.21. The topological polar surface area (TPSA) is 100 Å². The number of esters is 1. The quantitative estimate of drug-likeness (QED) is 0.324. The fraction of sp³-hybridized carbons (Fsp3) is 0.222. The molecular weight excluding hydrogens is 450 g/mol. The maximum Gasteiger partial charge on any atom is 0.306 e. The minimum absolute atomic E-state index is 0.0797. The summed E-state index contributed by atoms with van der Waals surface area (Å²) in [5, 5.41) is 2.77. The van der Waals surface area contributed by atoms with Gasteiger partial charge in [0, 0.05) is 23.2 Å². The monoisotopic (exact) mass is 477 g/mol. The number of methoxy groups -OCH3 is 3. The van der Waals surface area contributed by atoms with E-state index in [2.05, 4.69) is 5.32 Å². The Labute approximate surface area is 203 Å². The molecule has 0 unspecified atom stereocenters. The van der Waals surface area contributed by atoms with E-state index in [-0.39, 0.29) is 24.7 Å². The molecule has 35 heavy (non-hydrogen) atoms. The Morgan fingerprint density at radius 3 is 1.97 bits per heavy atom. The number of aryl methyl sites for hydroxylation is 1. The van der Waals surface area contributed by atoms with Gasteiger partial charge in [0.1, 0.15) is 0 Å². The van der Waals surface area contributed by atoms with Crippen molar-refractivity contribution in [3.05, 3.63) is 83.4 Å². The second kappa shape index (κ2) is 12.2. The number of ether oxygens (including phenoxy) is 4. The number of carbonyl (C=O) groups excluding carboxylic acids is 3. The molecule has 0 bridgehead atoms. The van der Waals surface area contributed by atoms with Crippen LogP contribution in [0.1, 0.15) is 32.7 Å². The van der Waals surface area contributed by atoms with Gasteiger partial charge in [-0.05, 0) is 60.5 Å². The predicted octanol–water partition coefficient (Wildman–Crippen LogP) is 4.32. The number of carbonyl (C=O) groups is 3. The first-order chi connectivity index (χ1) is 16.9. The molecule has 0 aliphatic carbocycles. The van der Waals surface area contributed by atoms with Crippen molar-refractivity contribution in [3.8, 4) is 17.2 Å². The van der Waals surface area contributed by atoms with Gasteiger partial charge in [-0.2, -0.15) is 0 Å². The van der Waals surface area contributed by atoms with Crippen LogP contribution in [0.3, 0.4) is 0 Å². The zero-order chi connectivity index (χ0) is 25.2. The van der Waals surface area contributed by atoms with Crippen LogP contribution in [0.4, 0.5) is 5.69 Å². The maximum absolute atomic E-state index is 12.4. The third-order valence-corrected chi connectivity index (χ3v) is 5.21. The lowest BCUT2D eigenvalue weighted by Crippen LogP contribution is -2.15. The van der Waals surface area contributed by atoms with Crippen LogP contribution in [0, 0.1) is 0 Å². The molecule has 0 saturated carbocycles. The molecule has 1 amide bonds. The summed E-state index contributed by atoms with van der Waals surface area (Å²) in [5.74, 6) is 0.372. The molecule has 3 rings (SSSR count). The SMILES string of the molecule is COc1cc(CCC(=O)OCC(=O)c2ccc(NC(=O)c3ccccc3)cc2)cc(OC)c1OC. The Kier molecular flexibility index (Phi) is 8.83. The van der Waals surface area contributed by atoms with Crippen molar-refractivity contribution in [1.82, 2.24) is 0 Å². The van der Waals surface area contributed by atoms with Gasteiger partial charge in [0.05, 0.1) is 21.3 Å². The van der Waals surface area contributed by atoms with Crippen molar-refractivity contribution < 1.29 is 33.3 Å². The van der Waals surface area contributed by atoms with Gasteiger partial charge in [0.25, 0.3) is 5.91 Å². The van der Waals surface area contributed by atoms with Crippen molar-refractivity contribution in [2.45, 2.75) is 12.8 Å². The number of benzene rings is 3. The number of nitrogens with one attached hydrogen (secondary N) is 1. The van der Waals surface area contributed by atoms with Gasteiger partial charge in [-0.15, -0.1) is 0 Å². The van der Waals surface area contributed by atoms with Crippen molar-refractivity contribution >= 4 is 23.3 Å². The molecule has 0 aliphatic rings. The molecule has 0 aliphatic heterocycles. The van der Waals surface area contributed by atoms with Crippen molar-refractivity contribution in [1.29, 1.82) is 0 Å². The Morgan fingerprint density at radius 1 is 0.771 bits per heavy atom. The average Bonchev–Trinajstić information content (AvgIpc) is 2.90. The van der Waals surface area contributed by atoms with Crippen molar-refractivity contribution in [2.24, 2.45) is 0 Å². The zero-order valence-corrected chi connectivity index (χ0v) is 19.8. The zero-order valence-electron chi connectivity index (χ0n) is 19.8. The van der Waals surface area contributed by atoms with E-state index in [1.807, 2.05) is 6.07 Å². The molecule has 182 valence electrons. The molecule has 0 aromatic heterocycles. The molecule has 0 spiro atoms. The summed E-state index contributed by atoms with van der Waals surface area (Å²) < 4.78 is 21.1. The van der Waals surface area contributed by atoms with Crippen LogP contribution in [0.5, 0.6) is 17.2 Å². The Balaban J connectivity index is 1.49. The molecule has 0 radical (unpaired) electrons. The second-order valence-electron chi connectivity index (χ2n) is 7.51. The molecule has 0 atom stereocenters. The second-order valence-corrected chi connectivity index (χ2v) is 7.51. The van der Waals surface area contributed by atoms with E-state index in [4.69, 9.17) is 18.9 Å². The first kappa shape index (κ1) is 25.3. The lowest BCUT2D eigenvalue weighted by molar-refractivity contribution is -0.142. The van der Waals surface area contributed by atoms with Crippen LogP contribution >= 0.6 is 0 Å². The number of hydrogen-bond acceptors (Lipinski definition) is 7. The number of hydrogen-bond donors (Lipinski definition) is 1. The van der Waals surface area contributed by atoms with Crippen LogP contribution in [-0.4, -0.2) is 45.6 Å². The fourth-order valence-corrected chi connectivity index (χ4v) is 3.36. The summed E-state index contributed by atoms with van der Waals surface area (Å²) in [4.78, 5) is 36.8. The summed E-state index contributed by atoms with van der Waals surface area (Å²) in [6, 6.07) is 18.7. The van der Waals surface area contributed by atoms with E-state index in [1.54, 1.807) is 60.7 Å². The summed E-state index contributed by atoms with van der Waals surface area (Å²) >= 11 is 0. The first-order valence-electron chi connectivity index (χ1n) is 10.9. The van der Waals surface area contributed by atoms with Gasteiger partial charge in [0.2, 0.25) is 5.75 Å². The normalized spacial score (nSPS) is 10.3. The molecule has 3 aromatic rings. The highest BCUT2D eigenvalue weighted by Gasteiger charge is 2.15. The van der Waals surface area contributed by atoms with E-state index in [9.17, 15) is 14.4 Å². The maximum atomic E-state index is 12.4. The molecule has 0 fully saturated rings. The summed E-state index contributed by atoms with van der Waals surface area (Å²) in [5.41, 5.74) is 2.26. The molecule has 0 heterocycles. The number of rotatable bonds is 11. The number of anilines is 1. The average molecular weight is 478 g/mol. The molecule has 0 saturated heterocycles. The van der Waals surface area contributed by atoms with Gasteiger partial charge in [-0.25, -0.2) is 0 Å². The molecule has 3 aromatic carbocycles. The molecular formula is C27H27NO7. The summed E-state index contributed by atoms with van der Waals surface area (Å²) in [7, 11) is 4.55. The van der Waals surface area contributed by atoms with Crippen molar-refractivity contribution in [2.75, 3.05) is 33.3 Å². The lowest BCUT2D eigenvalue weighted by Gasteiger charge is -2.14. The van der Waals surface area contributed by atoms with Gasteiger partial charge in [0.15, 0.2) is 23.9 Å². The Morgan fingerprint density at radius 2 is 1.40 bits per heavy atom. The number of ketones is 1. The smallest absolute Gasteiger partial charge is 0.306 e. The molecule has 8 nitrogen and oxygen atoms in total. The first-order valence-corrected chi connectivity index (χ1v) is 10.9. The number of Topliss-reactive ketones (excluding diaryl/α,β-unsaturated/α-hetero) is 1. The van der Waals surface area contributed by atoms with Crippen LogP contribution < -0.4 is 19.5 Å². The predicted molar refractivity (Wildman–Crippen MR) is 131 cm³/mol. The Hall–Kier alpha value is -4.33. The highest BCUT2D eigenvalue weighted by atomic mass is 16.5. The number of amides is 1. The summed E-state index contributed by atoms with van der Waals surface area (Å²) in [6.07, 6.45) is 0.454. The van der Waals surface area contributed by atoms with Crippen LogP contribution in [-0.2, 0) is 16.0 Å². The highest BCUT2D eigenvalue weighted by Crippen LogP contribution is 2.38. The standard InChI is InChI=1S/C27H27NO7/c1-32-23-15-18(16-24(33-2)26(23)34-3)9-14-25(30)35-17-22(29)19-10-12-21(13-11-19)28-27(31)20-7-5-4-6-8-20/h4-8,10-13,15-16H,9,14,17H2,1-3H3,(H,28,31). The Bertz CT molecular complexity index is 1150. The van der Waals surface area contributed by atoms with Gasteiger partial charge >= 0.3 is 5.97 Å². The van der Waals surface area contributed by atoms with Gasteiger partial charge in [-0.1, -0.05) is 18.2 Å². The lowest BCUT2D eigenvalue weighted by atomic mass is 10.1. The minimum Gasteiger partial charge on any atom is -0.493 e. The van der Waals surface area contributed by atoms with E-state index in [0.717, 1.165) is 5.56 Å². The third kappa shape index (κ3) is 6.83. The van der Waals surface area contributed by atoms with Crippen LogP contribution in [0.25, 0.3) is 0 Å². The van der Waals surface area contributed by atoms with Gasteiger partial charge < -0.3 is 24.3 Å². The molecule has 1 N–H and O–H groups in total. The van der Waals surface area contributed by atoms with Gasteiger partial charge in [-0.3, -0.25) is 14.4 Å². The van der Waals surface area contributed by atoms with E-state index < -0.39 is 5.97 Å². The van der Waals surface area contributed by atoms with Crippen molar-refractivity contribution in [3.63, 3.8) is 0 Å². The summed E-state index contributed by atoms with van der Waals surface area (Å²) in [6.45, 7) is -0.371. The van der Waals surface area contributed by atoms with E-state index in [1.165, 1.54) is 21.3 Å². The van der Waals surface area contributed by atoms with E-state index >= 15 is 0 Å². The highest BCUT2D eigenvalue weighted by molar-refractivity contribution is 6.04. The van der Waals surface area contributed by atoms with E-state index in [0.29, 0.717) is 40.5 Å². The fourth-order valence-electron chi connectivity index (χ4n) is 3.36. The van der Waals surface area contributed by atoms with Crippen LogP contribution in [0.15, 0.2) is 66.7 Å². The van der Waals surface area contributed by atoms with Crippen LogP contribution in [0.2, 0.25) is 0 Å². The largest absolute Gasteiger partial charge is 0.493 e.